The molecule has 148 valence electrons. The molecule has 1 aromatic heterocycles. The van der Waals surface area contributed by atoms with Crippen LogP contribution in [0, 0.1) is 11.3 Å². The molecule has 0 bridgehead atoms. The van der Waals surface area contributed by atoms with E-state index < -0.39 is 0 Å². The zero-order valence-electron chi connectivity index (χ0n) is 16.3. The van der Waals surface area contributed by atoms with Crippen LogP contribution in [0.25, 0.3) is 0 Å². The molecule has 3 unspecified atom stereocenters. The summed E-state index contributed by atoms with van der Waals surface area (Å²) in [6, 6.07) is 2.50. The summed E-state index contributed by atoms with van der Waals surface area (Å²) in [5.74, 6) is 1.79. The highest BCUT2D eigenvalue weighted by atomic mass is 16.5. The number of hydrogen-bond acceptors (Lipinski definition) is 5. The summed E-state index contributed by atoms with van der Waals surface area (Å²) in [6.07, 6.45) is 7.34. The third-order valence-electron chi connectivity index (χ3n) is 7.18. The van der Waals surface area contributed by atoms with Crippen LogP contribution in [0.2, 0.25) is 0 Å². The molecule has 0 amide bonds. The Morgan fingerprint density at radius 3 is 2.85 bits per heavy atom. The molecule has 1 N–H and O–H groups in total. The van der Waals surface area contributed by atoms with Crippen molar-refractivity contribution < 1.29 is 9.26 Å². The molecule has 0 aromatic carbocycles. The molecule has 27 heavy (non-hydrogen) atoms. The predicted molar refractivity (Wildman–Crippen MR) is 102 cm³/mol. The summed E-state index contributed by atoms with van der Waals surface area (Å²) in [5, 5.41) is 7.94. The number of hydrogen-bond donors (Lipinski definition) is 1. The fraction of sp³-hybridized carbons (Fsp3) is 0.800. The SMILES string of the molecule is CCN=C(NC1C2CCOC2C12CCC2)N1CCN(Cc2ccon2)CC1. The molecule has 1 spiro atoms. The number of nitrogens with zero attached hydrogens (tertiary/aromatic N) is 4. The number of piperazine rings is 1. The van der Waals surface area contributed by atoms with Gasteiger partial charge in [-0.3, -0.25) is 9.89 Å². The molecule has 2 aliphatic carbocycles. The van der Waals surface area contributed by atoms with Crippen molar-refractivity contribution in [3.05, 3.63) is 18.0 Å². The smallest absolute Gasteiger partial charge is 0.194 e. The molecule has 3 heterocycles. The molecule has 4 fully saturated rings. The van der Waals surface area contributed by atoms with E-state index in [1.807, 2.05) is 6.07 Å². The van der Waals surface area contributed by atoms with Gasteiger partial charge < -0.3 is 19.5 Å². The monoisotopic (exact) mass is 373 g/mol. The van der Waals surface area contributed by atoms with Gasteiger partial charge in [0.1, 0.15) is 6.26 Å². The van der Waals surface area contributed by atoms with Crippen molar-refractivity contribution in [3.63, 3.8) is 0 Å². The minimum Gasteiger partial charge on any atom is -0.377 e. The van der Waals surface area contributed by atoms with E-state index in [-0.39, 0.29) is 0 Å². The molecule has 2 saturated carbocycles. The van der Waals surface area contributed by atoms with Crippen molar-refractivity contribution in [1.82, 2.24) is 20.3 Å². The lowest BCUT2D eigenvalue weighted by atomic mass is 9.46. The molecule has 0 radical (unpaired) electrons. The van der Waals surface area contributed by atoms with Crippen LogP contribution in [0.5, 0.6) is 0 Å². The van der Waals surface area contributed by atoms with Gasteiger partial charge in [-0.05, 0) is 26.2 Å². The van der Waals surface area contributed by atoms with Gasteiger partial charge in [-0.1, -0.05) is 11.6 Å². The zero-order chi connectivity index (χ0) is 18.3. The number of ether oxygens (including phenoxy) is 1. The minimum atomic E-state index is 0.393. The van der Waals surface area contributed by atoms with Crippen LogP contribution in [-0.4, -0.2) is 72.4 Å². The molecule has 2 aliphatic heterocycles. The molecule has 1 aromatic rings. The van der Waals surface area contributed by atoms with E-state index in [0.29, 0.717) is 23.5 Å². The van der Waals surface area contributed by atoms with E-state index in [9.17, 15) is 0 Å². The first-order valence-electron chi connectivity index (χ1n) is 10.6. The Bertz CT molecular complexity index is 664. The number of nitrogens with one attached hydrogen (secondary N) is 1. The lowest BCUT2D eigenvalue weighted by Crippen LogP contribution is -2.73. The molecule has 5 rings (SSSR count). The summed E-state index contributed by atoms with van der Waals surface area (Å²) in [6.45, 7) is 8.84. The fourth-order valence-electron chi connectivity index (χ4n) is 5.65. The van der Waals surface area contributed by atoms with E-state index in [4.69, 9.17) is 14.3 Å². The second kappa shape index (κ2) is 7.09. The van der Waals surface area contributed by atoms with Crippen LogP contribution in [0.1, 0.15) is 38.3 Å². The summed E-state index contributed by atoms with van der Waals surface area (Å²) < 4.78 is 11.0. The van der Waals surface area contributed by atoms with Crippen molar-refractivity contribution in [3.8, 4) is 0 Å². The maximum Gasteiger partial charge on any atom is 0.194 e. The zero-order valence-corrected chi connectivity index (χ0v) is 16.3. The van der Waals surface area contributed by atoms with Crippen LogP contribution in [0.15, 0.2) is 21.8 Å². The van der Waals surface area contributed by atoms with Crippen molar-refractivity contribution in [2.45, 2.75) is 51.3 Å². The van der Waals surface area contributed by atoms with Crippen molar-refractivity contribution in [2.75, 3.05) is 39.3 Å². The van der Waals surface area contributed by atoms with Crippen LogP contribution < -0.4 is 5.32 Å². The quantitative estimate of drug-likeness (QED) is 0.640. The Balaban J connectivity index is 1.21. The van der Waals surface area contributed by atoms with E-state index in [1.165, 1.54) is 25.7 Å². The number of fused-ring (bicyclic) bond motifs is 2. The molecule has 7 nitrogen and oxygen atoms in total. The summed E-state index contributed by atoms with van der Waals surface area (Å²) in [7, 11) is 0. The molecule has 3 atom stereocenters. The topological polar surface area (TPSA) is 66.1 Å². The van der Waals surface area contributed by atoms with E-state index in [0.717, 1.165) is 57.5 Å². The summed E-state index contributed by atoms with van der Waals surface area (Å²) >= 11 is 0. The second-order valence-electron chi connectivity index (χ2n) is 8.50. The molecule has 4 aliphatic rings. The maximum atomic E-state index is 6.08. The highest BCUT2D eigenvalue weighted by molar-refractivity contribution is 5.81. The lowest BCUT2D eigenvalue weighted by Gasteiger charge is -2.63. The van der Waals surface area contributed by atoms with Crippen LogP contribution in [0.4, 0.5) is 0 Å². The Morgan fingerprint density at radius 2 is 2.19 bits per heavy atom. The minimum absolute atomic E-state index is 0.393. The third kappa shape index (κ3) is 2.95. The lowest BCUT2D eigenvalue weighted by molar-refractivity contribution is -0.171. The van der Waals surface area contributed by atoms with Gasteiger partial charge in [0.25, 0.3) is 0 Å². The molecular formula is C20H31N5O2. The van der Waals surface area contributed by atoms with Gasteiger partial charge in [-0.25, -0.2) is 0 Å². The van der Waals surface area contributed by atoms with Gasteiger partial charge in [-0.2, -0.15) is 0 Å². The van der Waals surface area contributed by atoms with Gasteiger partial charge in [-0.15, -0.1) is 0 Å². The maximum absolute atomic E-state index is 6.08. The van der Waals surface area contributed by atoms with E-state index in [2.05, 4.69) is 27.2 Å². The largest absolute Gasteiger partial charge is 0.377 e. The van der Waals surface area contributed by atoms with Crippen molar-refractivity contribution in [2.24, 2.45) is 16.3 Å². The number of guanidine groups is 1. The Morgan fingerprint density at radius 1 is 1.33 bits per heavy atom. The fourth-order valence-corrected chi connectivity index (χ4v) is 5.65. The van der Waals surface area contributed by atoms with E-state index in [1.54, 1.807) is 6.26 Å². The second-order valence-corrected chi connectivity index (χ2v) is 8.50. The van der Waals surface area contributed by atoms with Crippen LogP contribution in [0.3, 0.4) is 0 Å². The highest BCUT2D eigenvalue weighted by Crippen LogP contribution is 2.62. The predicted octanol–water partition coefficient (Wildman–Crippen LogP) is 1.72. The van der Waals surface area contributed by atoms with Crippen molar-refractivity contribution >= 4 is 5.96 Å². The Kier molecular flexibility index (Phi) is 4.60. The van der Waals surface area contributed by atoms with Gasteiger partial charge in [0, 0.05) is 69.3 Å². The first kappa shape index (κ1) is 17.5. The highest BCUT2D eigenvalue weighted by Gasteiger charge is 2.66. The molecule has 2 saturated heterocycles. The number of aliphatic imine (C=N–C) groups is 1. The van der Waals surface area contributed by atoms with E-state index >= 15 is 0 Å². The molecule has 7 heteroatoms. The van der Waals surface area contributed by atoms with Gasteiger partial charge in [0.2, 0.25) is 0 Å². The van der Waals surface area contributed by atoms with Crippen LogP contribution >= 0.6 is 0 Å². The first-order chi connectivity index (χ1) is 13.3. The normalized spacial score (nSPS) is 32.9. The Hall–Kier alpha value is -1.60. The average molecular weight is 374 g/mol. The standard InChI is InChI=1S/C20H31N5O2/c1-2-21-19(22-17-16-5-12-26-18(16)20(17)6-3-7-20)25-10-8-24(9-11-25)14-15-4-13-27-23-15/h4,13,16-18H,2-3,5-12,14H2,1H3,(H,21,22). The number of aromatic nitrogens is 1. The number of rotatable bonds is 4. The summed E-state index contributed by atoms with van der Waals surface area (Å²) in [5.41, 5.74) is 1.41. The van der Waals surface area contributed by atoms with Gasteiger partial charge >= 0.3 is 0 Å². The van der Waals surface area contributed by atoms with Gasteiger partial charge in [0.05, 0.1) is 11.8 Å². The van der Waals surface area contributed by atoms with Gasteiger partial charge in [0.15, 0.2) is 5.96 Å². The average Bonchev–Trinajstić information content (AvgIpc) is 3.29. The summed E-state index contributed by atoms with van der Waals surface area (Å²) in [4.78, 5) is 9.74. The first-order valence-corrected chi connectivity index (χ1v) is 10.6. The Labute approximate surface area is 161 Å². The molecular weight excluding hydrogens is 342 g/mol. The van der Waals surface area contributed by atoms with Crippen molar-refractivity contribution in [1.29, 1.82) is 0 Å². The third-order valence-corrected chi connectivity index (χ3v) is 7.18. The van der Waals surface area contributed by atoms with Crippen LogP contribution in [-0.2, 0) is 11.3 Å².